The zero-order chi connectivity index (χ0) is 18.5. The van der Waals surface area contributed by atoms with Gasteiger partial charge in [0.2, 0.25) is 20.0 Å². The van der Waals surface area contributed by atoms with Crippen LogP contribution in [0.1, 0.15) is 19.8 Å². The number of anilines is 1. The number of hydrogen-bond donors (Lipinski definition) is 3. The van der Waals surface area contributed by atoms with Gasteiger partial charge in [-0.05, 0) is 50.9 Å². The van der Waals surface area contributed by atoms with Crippen molar-refractivity contribution < 1.29 is 21.6 Å². The minimum absolute atomic E-state index is 0. The fraction of sp³-hybridized carbons (Fsp3) is 0.600. The average molecular weight is 428 g/mol. The van der Waals surface area contributed by atoms with Gasteiger partial charge in [0.1, 0.15) is 10.6 Å². The molecule has 1 aliphatic heterocycles. The van der Waals surface area contributed by atoms with Crippen molar-refractivity contribution in [1.82, 2.24) is 10.0 Å². The second-order valence-corrected chi connectivity index (χ2v) is 9.68. The van der Waals surface area contributed by atoms with Crippen molar-refractivity contribution in [2.45, 2.75) is 24.7 Å². The standard InChI is InChI=1S/C15H25N3O5S2.ClH/c1-3-24(19,20)18-14-9-13(23-2)6-7-15(14)25(21,22)17-11-12-5-4-8-16-10-12;/h6-7,9,12,16-18H,3-5,8,10-11H2,1-2H3;1H. The van der Waals surface area contributed by atoms with Gasteiger partial charge >= 0.3 is 0 Å². The molecular weight excluding hydrogens is 402 g/mol. The maximum Gasteiger partial charge on any atom is 0.242 e. The first-order valence-corrected chi connectivity index (χ1v) is 11.3. The topological polar surface area (TPSA) is 114 Å². The summed E-state index contributed by atoms with van der Waals surface area (Å²) in [5, 5.41) is 3.23. The molecule has 0 bridgehead atoms. The SMILES string of the molecule is CCS(=O)(=O)Nc1cc(OC)ccc1S(=O)(=O)NCC1CCCNC1.Cl. The van der Waals surface area contributed by atoms with E-state index in [0.29, 0.717) is 12.3 Å². The zero-order valence-electron chi connectivity index (χ0n) is 14.8. The molecule has 150 valence electrons. The molecule has 1 saturated heterocycles. The molecule has 1 aromatic rings. The summed E-state index contributed by atoms with van der Waals surface area (Å²) < 4.78 is 59.0. The first kappa shape index (κ1) is 23.0. The minimum Gasteiger partial charge on any atom is -0.497 e. The largest absolute Gasteiger partial charge is 0.497 e. The first-order valence-electron chi connectivity index (χ1n) is 8.16. The van der Waals surface area contributed by atoms with Gasteiger partial charge in [0.25, 0.3) is 0 Å². The van der Waals surface area contributed by atoms with E-state index in [1.54, 1.807) is 0 Å². The van der Waals surface area contributed by atoms with Crippen LogP contribution >= 0.6 is 12.4 Å². The van der Waals surface area contributed by atoms with E-state index in [0.717, 1.165) is 25.9 Å². The van der Waals surface area contributed by atoms with Crippen molar-refractivity contribution in [2.75, 3.05) is 37.2 Å². The molecule has 11 heteroatoms. The Kier molecular flexibility index (Phi) is 8.61. The van der Waals surface area contributed by atoms with Crippen LogP contribution in [0.2, 0.25) is 0 Å². The number of sulfonamides is 2. The quantitative estimate of drug-likeness (QED) is 0.573. The second-order valence-electron chi connectivity index (χ2n) is 5.93. The Bertz CT molecular complexity index is 793. The van der Waals surface area contributed by atoms with E-state index in [4.69, 9.17) is 4.74 Å². The van der Waals surface area contributed by atoms with E-state index in [9.17, 15) is 16.8 Å². The van der Waals surface area contributed by atoms with E-state index in [2.05, 4.69) is 14.8 Å². The second kappa shape index (κ2) is 9.75. The lowest BCUT2D eigenvalue weighted by molar-refractivity contribution is 0.376. The smallest absolute Gasteiger partial charge is 0.242 e. The molecule has 8 nitrogen and oxygen atoms in total. The Labute approximate surface area is 161 Å². The van der Waals surface area contributed by atoms with Gasteiger partial charge in [-0.2, -0.15) is 0 Å². The molecule has 26 heavy (non-hydrogen) atoms. The molecule has 1 aromatic carbocycles. The first-order chi connectivity index (χ1) is 11.8. The van der Waals surface area contributed by atoms with Crippen LogP contribution in [0.4, 0.5) is 5.69 Å². The third-order valence-electron chi connectivity index (χ3n) is 4.08. The van der Waals surface area contributed by atoms with Gasteiger partial charge in [-0.3, -0.25) is 4.72 Å². The number of ether oxygens (including phenoxy) is 1. The van der Waals surface area contributed by atoms with Crippen molar-refractivity contribution >= 4 is 38.1 Å². The molecule has 1 unspecified atom stereocenters. The maximum atomic E-state index is 12.7. The third kappa shape index (κ3) is 6.27. The Morgan fingerprint density at radius 2 is 2.00 bits per heavy atom. The maximum absolute atomic E-state index is 12.7. The lowest BCUT2D eigenvalue weighted by Gasteiger charge is -2.23. The van der Waals surface area contributed by atoms with Gasteiger partial charge in [0, 0.05) is 12.6 Å². The number of rotatable bonds is 8. The van der Waals surface area contributed by atoms with Crippen LogP contribution in [-0.2, 0) is 20.0 Å². The van der Waals surface area contributed by atoms with Gasteiger partial charge < -0.3 is 10.1 Å². The van der Waals surface area contributed by atoms with Crippen LogP contribution in [-0.4, -0.2) is 49.3 Å². The summed E-state index contributed by atoms with van der Waals surface area (Å²) in [5.74, 6) is 0.423. The predicted octanol–water partition coefficient (Wildman–Crippen LogP) is 1.16. The van der Waals surface area contributed by atoms with Gasteiger partial charge in [-0.25, -0.2) is 21.6 Å². The van der Waals surface area contributed by atoms with Crippen LogP contribution in [0, 0.1) is 5.92 Å². The highest BCUT2D eigenvalue weighted by atomic mass is 35.5. The molecule has 0 radical (unpaired) electrons. The van der Waals surface area contributed by atoms with Crippen molar-refractivity contribution in [3.8, 4) is 5.75 Å². The molecule has 0 aromatic heterocycles. The van der Waals surface area contributed by atoms with Gasteiger partial charge in [-0.1, -0.05) is 0 Å². The molecule has 1 atom stereocenters. The summed E-state index contributed by atoms with van der Waals surface area (Å²) in [6.07, 6.45) is 1.96. The fourth-order valence-electron chi connectivity index (χ4n) is 2.59. The number of nitrogens with one attached hydrogen (secondary N) is 3. The summed E-state index contributed by atoms with van der Waals surface area (Å²) in [5.41, 5.74) is -0.0181. The number of methoxy groups -OCH3 is 1. The molecule has 1 fully saturated rings. The van der Waals surface area contributed by atoms with Gasteiger partial charge in [-0.15, -0.1) is 12.4 Å². The monoisotopic (exact) mass is 427 g/mol. The van der Waals surface area contributed by atoms with Gasteiger partial charge in [0.15, 0.2) is 0 Å². The number of piperidine rings is 1. The number of hydrogen-bond acceptors (Lipinski definition) is 6. The predicted molar refractivity (Wildman–Crippen MR) is 104 cm³/mol. The highest BCUT2D eigenvalue weighted by molar-refractivity contribution is 7.93. The van der Waals surface area contributed by atoms with Gasteiger partial charge in [0.05, 0.1) is 18.6 Å². The van der Waals surface area contributed by atoms with E-state index in [-0.39, 0.29) is 34.7 Å². The lowest BCUT2D eigenvalue weighted by atomic mass is 10.0. The van der Waals surface area contributed by atoms with Crippen molar-refractivity contribution in [3.63, 3.8) is 0 Å². The van der Waals surface area contributed by atoms with Crippen molar-refractivity contribution in [2.24, 2.45) is 5.92 Å². The Balaban J connectivity index is 0.00000338. The van der Waals surface area contributed by atoms with E-state index in [1.165, 1.54) is 32.2 Å². The average Bonchev–Trinajstić information content (AvgIpc) is 2.60. The molecule has 0 spiro atoms. The number of halogens is 1. The van der Waals surface area contributed by atoms with Crippen molar-refractivity contribution in [1.29, 1.82) is 0 Å². The van der Waals surface area contributed by atoms with E-state index < -0.39 is 20.0 Å². The molecular formula is C15H26ClN3O5S2. The molecule has 0 saturated carbocycles. The fourth-order valence-corrected chi connectivity index (χ4v) is 4.56. The Morgan fingerprint density at radius 1 is 1.27 bits per heavy atom. The van der Waals surface area contributed by atoms with Crippen LogP contribution in [0.5, 0.6) is 5.75 Å². The molecule has 0 aliphatic carbocycles. The summed E-state index contributed by atoms with van der Waals surface area (Å²) >= 11 is 0. The molecule has 3 N–H and O–H groups in total. The third-order valence-corrected chi connectivity index (χ3v) is 6.86. The van der Waals surface area contributed by atoms with Crippen molar-refractivity contribution in [3.05, 3.63) is 18.2 Å². The summed E-state index contributed by atoms with van der Waals surface area (Å²) in [6, 6.07) is 4.19. The van der Waals surface area contributed by atoms with E-state index in [1.807, 2.05) is 0 Å². The Morgan fingerprint density at radius 3 is 2.58 bits per heavy atom. The highest BCUT2D eigenvalue weighted by Crippen LogP contribution is 2.27. The lowest BCUT2D eigenvalue weighted by Crippen LogP contribution is -2.38. The minimum atomic E-state index is -3.86. The van der Waals surface area contributed by atoms with Crippen LogP contribution in [0.15, 0.2) is 23.1 Å². The zero-order valence-corrected chi connectivity index (χ0v) is 17.3. The van der Waals surface area contributed by atoms with Crippen LogP contribution in [0.25, 0.3) is 0 Å². The summed E-state index contributed by atoms with van der Waals surface area (Å²) in [7, 11) is -6.05. The summed E-state index contributed by atoms with van der Waals surface area (Å²) in [4.78, 5) is -0.117. The summed E-state index contributed by atoms with van der Waals surface area (Å²) in [6.45, 7) is 3.50. The highest BCUT2D eigenvalue weighted by Gasteiger charge is 2.23. The molecule has 2 rings (SSSR count). The normalized spacial score (nSPS) is 18.0. The molecule has 1 heterocycles. The molecule has 1 aliphatic rings. The molecule has 0 amide bonds. The van der Waals surface area contributed by atoms with E-state index >= 15 is 0 Å². The van der Waals surface area contributed by atoms with Crippen LogP contribution in [0.3, 0.4) is 0 Å². The number of benzene rings is 1. The van der Waals surface area contributed by atoms with Crippen LogP contribution < -0.4 is 19.5 Å². The Hall–Kier alpha value is -1.07.